The Kier molecular flexibility index (Phi) is 3.36. The molecular formula is C12H10ClNOS. The minimum atomic E-state index is 0.103. The van der Waals surface area contributed by atoms with Crippen LogP contribution in [-0.4, -0.2) is 10.8 Å². The lowest BCUT2D eigenvalue weighted by Gasteiger charge is -2.00. The number of aryl methyl sites for hydroxylation is 1. The topological polar surface area (TPSA) is 30.0 Å². The molecule has 16 heavy (non-hydrogen) atoms. The van der Waals surface area contributed by atoms with Crippen LogP contribution < -0.4 is 0 Å². The lowest BCUT2D eigenvalue weighted by Crippen LogP contribution is -2.01. The van der Waals surface area contributed by atoms with Gasteiger partial charge in [-0.1, -0.05) is 11.6 Å². The third-order valence-electron chi connectivity index (χ3n) is 2.22. The van der Waals surface area contributed by atoms with Crippen molar-refractivity contribution in [3.05, 3.63) is 50.9 Å². The summed E-state index contributed by atoms with van der Waals surface area (Å²) in [6, 6.07) is 5.59. The summed E-state index contributed by atoms with van der Waals surface area (Å²) in [5.41, 5.74) is 0.827. The number of aromatic nitrogens is 1. The molecule has 2 heterocycles. The Bertz CT molecular complexity index is 521. The molecule has 0 unspecified atom stereocenters. The molecule has 0 atom stereocenters. The van der Waals surface area contributed by atoms with Crippen molar-refractivity contribution >= 4 is 28.7 Å². The molecule has 2 aromatic heterocycles. The summed E-state index contributed by atoms with van der Waals surface area (Å²) in [5, 5.41) is 0.545. The average molecular weight is 252 g/mol. The predicted octanol–water partition coefficient (Wildman–Crippen LogP) is 3.53. The third kappa shape index (κ3) is 2.49. The number of hydrogen-bond donors (Lipinski definition) is 0. The van der Waals surface area contributed by atoms with Gasteiger partial charge in [-0.15, -0.1) is 11.3 Å². The molecule has 0 spiro atoms. The van der Waals surface area contributed by atoms with Gasteiger partial charge >= 0.3 is 0 Å². The van der Waals surface area contributed by atoms with Crippen LogP contribution >= 0.6 is 22.9 Å². The molecule has 0 N–H and O–H groups in total. The van der Waals surface area contributed by atoms with Crippen molar-refractivity contribution in [2.24, 2.45) is 0 Å². The van der Waals surface area contributed by atoms with Gasteiger partial charge in [0.15, 0.2) is 5.78 Å². The van der Waals surface area contributed by atoms with E-state index in [-0.39, 0.29) is 5.78 Å². The van der Waals surface area contributed by atoms with Crippen LogP contribution in [-0.2, 0) is 6.42 Å². The van der Waals surface area contributed by atoms with E-state index >= 15 is 0 Å². The Morgan fingerprint density at radius 2 is 2.25 bits per heavy atom. The van der Waals surface area contributed by atoms with E-state index in [0.717, 1.165) is 15.3 Å². The molecule has 2 nitrogen and oxygen atoms in total. The highest BCUT2D eigenvalue weighted by Crippen LogP contribution is 2.20. The van der Waals surface area contributed by atoms with Gasteiger partial charge in [-0.05, 0) is 30.7 Å². The average Bonchev–Trinajstić information content (AvgIpc) is 2.68. The van der Waals surface area contributed by atoms with Gasteiger partial charge in [0.05, 0.1) is 9.90 Å². The van der Waals surface area contributed by atoms with Crippen molar-refractivity contribution in [1.82, 2.24) is 4.98 Å². The number of Topliss-reactive ketones (excluding diaryl/α,β-unsaturated/α-hetero) is 1. The van der Waals surface area contributed by atoms with Gasteiger partial charge in [-0.25, -0.2) is 0 Å². The van der Waals surface area contributed by atoms with E-state index in [4.69, 9.17) is 11.6 Å². The van der Waals surface area contributed by atoms with Gasteiger partial charge in [0.1, 0.15) is 0 Å². The van der Waals surface area contributed by atoms with Crippen LogP contribution in [0.15, 0.2) is 30.6 Å². The predicted molar refractivity (Wildman–Crippen MR) is 66.3 cm³/mol. The van der Waals surface area contributed by atoms with E-state index in [9.17, 15) is 4.79 Å². The van der Waals surface area contributed by atoms with Gasteiger partial charge in [0.25, 0.3) is 0 Å². The molecule has 0 aliphatic heterocycles. The van der Waals surface area contributed by atoms with Crippen LogP contribution in [0.1, 0.15) is 20.1 Å². The molecule has 2 rings (SSSR count). The Morgan fingerprint density at radius 3 is 2.88 bits per heavy atom. The van der Waals surface area contributed by atoms with E-state index in [1.165, 1.54) is 11.3 Å². The molecule has 2 aromatic rings. The molecule has 0 saturated carbocycles. The number of rotatable bonds is 3. The molecule has 82 valence electrons. The number of ketones is 1. The second kappa shape index (κ2) is 4.76. The molecular weight excluding hydrogens is 242 g/mol. The molecule has 0 radical (unpaired) electrons. The van der Waals surface area contributed by atoms with E-state index in [1.807, 2.05) is 19.1 Å². The first-order chi connectivity index (χ1) is 7.66. The second-order valence-electron chi connectivity index (χ2n) is 3.48. The second-order valence-corrected chi connectivity index (χ2v) is 5.17. The number of nitrogens with zero attached hydrogens (tertiary/aromatic N) is 1. The van der Waals surface area contributed by atoms with Crippen LogP contribution in [0.25, 0.3) is 0 Å². The van der Waals surface area contributed by atoms with Gasteiger partial charge in [0, 0.05) is 23.7 Å². The highest BCUT2D eigenvalue weighted by Gasteiger charge is 2.11. The smallest absolute Gasteiger partial charge is 0.177 e. The van der Waals surface area contributed by atoms with Crippen molar-refractivity contribution in [1.29, 1.82) is 0 Å². The summed E-state index contributed by atoms with van der Waals surface area (Å²) < 4.78 is 0. The summed E-state index contributed by atoms with van der Waals surface area (Å²) in [6.45, 7) is 1.99. The van der Waals surface area contributed by atoms with Crippen LogP contribution in [0.4, 0.5) is 0 Å². The SMILES string of the molecule is Cc1ccc(C(=O)Cc2ccncc2Cl)s1. The third-order valence-corrected chi connectivity index (χ3v) is 3.60. The maximum absolute atomic E-state index is 11.9. The highest BCUT2D eigenvalue weighted by atomic mass is 35.5. The van der Waals surface area contributed by atoms with Gasteiger partial charge in [-0.3, -0.25) is 9.78 Å². The van der Waals surface area contributed by atoms with Crippen molar-refractivity contribution in [3.8, 4) is 0 Å². The van der Waals surface area contributed by atoms with Crippen molar-refractivity contribution < 1.29 is 4.79 Å². The Labute approximate surface area is 103 Å². The van der Waals surface area contributed by atoms with Gasteiger partial charge < -0.3 is 0 Å². The Balaban J connectivity index is 2.17. The number of carbonyl (C=O) groups is 1. The molecule has 0 aliphatic rings. The lowest BCUT2D eigenvalue weighted by molar-refractivity contribution is 0.0997. The fourth-order valence-electron chi connectivity index (χ4n) is 1.39. The zero-order chi connectivity index (χ0) is 11.5. The number of pyridine rings is 1. The molecule has 0 aliphatic carbocycles. The number of hydrogen-bond acceptors (Lipinski definition) is 3. The molecule has 0 amide bonds. The molecule has 0 saturated heterocycles. The van der Waals surface area contributed by atoms with Crippen LogP contribution in [0.2, 0.25) is 5.02 Å². The fraction of sp³-hybridized carbons (Fsp3) is 0.167. The fourth-order valence-corrected chi connectivity index (χ4v) is 2.38. The van der Waals surface area contributed by atoms with E-state index in [1.54, 1.807) is 18.5 Å². The summed E-state index contributed by atoms with van der Waals surface area (Å²) in [4.78, 5) is 17.7. The van der Waals surface area contributed by atoms with Crippen LogP contribution in [0.3, 0.4) is 0 Å². The normalized spacial score (nSPS) is 10.4. The van der Waals surface area contributed by atoms with Crippen molar-refractivity contribution in [2.75, 3.05) is 0 Å². The molecule has 4 heteroatoms. The maximum Gasteiger partial charge on any atom is 0.177 e. The van der Waals surface area contributed by atoms with E-state index in [0.29, 0.717) is 11.4 Å². The van der Waals surface area contributed by atoms with Crippen molar-refractivity contribution in [2.45, 2.75) is 13.3 Å². The van der Waals surface area contributed by atoms with E-state index < -0.39 is 0 Å². The quantitative estimate of drug-likeness (QED) is 0.781. The minimum Gasteiger partial charge on any atom is -0.293 e. The zero-order valence-electron chi connectivity index (χ0n) is 8.74. The largest absolute Gasteiger partial charge is 0.293 e. The first kappa shape index (κ1) is 11.3. The van der Waals surface area contributed by atoms with Crippen LogP contribution in [0.5, 0.6) is 0 Å². The Morgan fingerprint density at radius 1 is 1.44 bits per heavy atom. The molecule has 0 bridgehead atoms. The summed E-state index contributed by atoms with van der Waals surface area (Å²) in [7, 11) is 0. The first-order valence-electron chi connectivity index (χ1n) is 4.85. The number of carbonyl (C=O) groups excluding carboxylic acids is 1. The molecule has 0 aromatic carbocycles. The number of halogens is 1. The Hall–Kier alpha value is -1.19. The summed E-state index contributed by atoms with van der Waals surface area (Å²) in [6.07, 6.45) is 3.54. The molecule has 0 fully saturated rings. The van der Waals surface area contributed by atoms with Gasteiger partial charge in [-0.2, -0.15) is 0 Å². The highest BCUT2D eigenvalue weighted by molar-refractivity contribution is 7.14. The summed E-state index contributed by atoms with van der Waals surface area (Å²) in [5.74, 6) is 0.103. The number of thiophene rings is 1. The van der Waals surface area contributed by atoms with Crippen molar-refractivity contribution in [3.63, 3.8) is 0 Å². The first-order valence-corrected chi connectivity index (χ1v) is 6.04. The van der Waals surface area contributed by atoms with Crippen LogP contribution in [0, 0.1) is 6.92 Å². The van der Waals surface area contributed by atoms with E-state index in [2.05, 4.69) is 4.98 Å². The zero-order valence-corrected chi connectivity index (χ0v) is 10.3. The maximum atomic E-state index is 11.9. The van der Waals surface area contributed by atoms with Gasteiger partial charge in [0.2, 0.25) is 0 Å². The minimum absolute atomic E-state index is 0.103. The lowest BCUT2D eigenvalue weighted by atomic mass is 10.1. The summed E-state index contributed by atoms with van der Waals surface area (Å²) >= 11 is 7.46. The standard InChI is InChI=1S/C12H10ClNOS/c1-8-2-3-12(16-8)11(15)6-9-4-5-14-7-10(9)13/h2-5,7H,6H2,1H3. The monoisotopic (exact) mass is 251 g/mol.